The van der Waals surface area contributed by atoms with Gasteiger partial charge in [0, 0.05) is 5.69 Å². The van der Waals surface area contributed by atoms with Crippen molar-refractivity contribution >= 4 is 75.8 Å². The Hall–Kier alpha value is -2.32. The summed E-state index contributed by atoms with van der Waals surface area (Å²) in [5.74, 6) is -3.31. The van der Waals surface area contributed by atoms with Crippen LogP contribution in [0.2, 0.25) is 20.1 Å². The van der Waals surface area contributed by atoms with Crippen LogP contribution in [-0.4, -0.2) is 41.2 Å². The van der Waals surface area contributed by atoms with Crippen LogP contribution < -0.4 is 5.32 Å². The summed E-state index contributed by atoms with van der Waals surface area (Å²) in [5.41, 5.74) is 1.09. The number of nitrogens with one attached hydrogen (secondary N) is 1. The lowest BCUT2D eigenvalue weighted by atomic mass is 10.0. The molecule has 0 spiro atoms. The van der Waals surface area contributed by atoms with E-state index in [2.05, 4.69) is 5.32 Å². The normalized spacial score (nSPS) is 13.8. The van der Waals surface area contributed by atoms with Crippen molar-refractivity contribution in [2.45, 2.75) is 33.2 Å². The second-order valence-electron chi connectivity index (χ2n) is 8.15. The van der Waals surface area contributed by atoms with Crippen LogP contribution in [0, 0.1) is 12.8 Å². The highest BCUT2D eigenvalue weighted by atomic mass is 35.5. The summed E-state index contributed by atoms with van der Waals surface area (Å²) in [7, 11) is 0. The summed E-state index contributed by atoms with van der Waals surface area (Å²) in [6.45, 7) is 4.90. The molecule has 1 N–H and O–H groups in total. The molecule has 180 valence electrons. The summed E-state index contributed by atoms with van der Waals surface area (Å²) in [6.07, 6.45) is 0.0839. The van der Waals surface area contributed by atoms with Crippen molar-refractivity contribution in [3.63, 3.8) is 0 Å². The number of nitrogens with zero attached hydrogens (tertiary/aromatic N) is 1. The van der Waals surface area contributed by atoms with E-state index >= 15 is 0 Å². The molecule has 3 rings (SSSR count). The predicted molar refractivity (Wildman–Crippen MR) is 131 cm³/mol. The Kier molecular flexibility index (Phi) is 8.14. The summed E-state index contributed by atoms with van der Waals surface area (Å²) in [6, 6.07) is 5.73. The third-order valence-electron chi connectivity index (χ3n) is 5.09. The van der Waals surface area contributed by atoms with Crippen molar-refractivity contribution in [2.75, 3.05) is 11.9 Å². The number of rotatable bonds is 7. The van der Waals surface area contributed by atoms with E-state index in [4.69, 9.17) is 51.1 Å². The molecule has 1 aliphatic heterocycles. The highest BCUT2D eigenvalue weighted by Crippen LogP contribution is 2.45. The summed E-state index contributed by atoms with van der Waals surface area (Å²) in [4.78, 5) is 52.2. The number of amides is 3. The van der Waals surface area contributed by atoms with Crippen molar-refractivity contribution in [3.8, 4) is 0 Å². The van der Waals surface area contributed by atoms with Crippen molar-refractivity contribution in [3.05, 3.63) is 61.0 Å². The van der Waals surface area contributed by atoms with Crippen LogP contribution in [0.15, 0.2) is 24.3 Å². The van der Waals surface area contributed by atoms with Gasteiger partial charge in [0.15, 0.2) is 6.61 Å². The number of carbonyl (C=O) groups excluding carboxylic acids is 4. The Labute approximate surface area is 216 Å². The van der Waals surface area contributed by atoms with E-state index in [0.29, 0.717) is 5.69 Å². The number of benzene rings is 2. The molecule has 2 aromatic carbocycles. The first-order valence-corrected chi connectivity index (χ1v) is 11.7. The second kappa shape index (κ2) is 10.5. The Bertz CT molecular complexity index is 1130. The van der Waals surface area contributed by atoms with E-state index in [-0.39, 0.29) is 43.6 Å². The molecule has 11 heteroatoms. The number of halogens is 4. The largest absolute Gasteiger partial charge is 0.454 e. The van der Waals surface area contributed by atoms with Gasteiger partial charge in [0.05, 0.1) is 31.2 Å². The maximum Gasteiger partial charge on any atom is 0.329 e. The Morgan fingerprint density at radius 3 is 1.88 bits per heavy atom. The molecule has 0 saturated heterocycles. The third-order valence-corrected chi connectivity index (χ3v) is 6.89. The van der Waals surface area contributed by atoms with Crippen LogP contribution in [0.3, 0.4) is 0 Å². The first kappa shape index (κ1) is 26.3. The summed E-state index contributed by atoms with van der Waals surface area (Å²) >= 11 is 24.4. The molecule has 0 aliphatic carbocycles. The van der Waals surface area contributed by atoms with Gasteiger partial charge in [-0.2, -0.15) is 0 Å². The molecule has 0 fully saturated rings. The molecule has 1 atom stereocenters. The monoisotopic (exact) mass is 544 g/mol. The molecule has 0 unspecified atom stereocenters. The van der Waals surface area contributed by atoms with Gasteiger partial charge in [-0.25, -0.2) is 4.79 Å². The van der Waals surface area contributed by atoms with E-state index in [1.807, 2.05) is 19.1 Å². The highest BCUT2D eigenvalue weighted by Gasteiger charge is 2.47. The van der Waals surface area contributed by atoms with Gasteiger partial charge in [-0.1, -0.05) is 77.9 Å². The number of ether oxygens (including phenoxy) is 1. The van der Waals surface area contributed by atoms with Gasteiger partial charge in [0.2, 0.25) is 0 Å². The number of fused-ring (bicyclic) bond motifs is 1. The fourth-order valence-electron chi connectivity index (χ4n) is 3.47. The Morgan fingerprint density at radius 2 is 1.41 bits per heavy atom. The molecule has 2 aromatic rings. The molecule has 0 bridgehead atoms. The highest BCUT2D eigenvalue weighted by molar-refractivity contribution is 6.55. The number of carbonyl (C=O) groups is 4. The number of hydrogen-bond donors (Lipinski definition) is 1. The molecule has 3 amide bonds. The SMILES string of the molecule is Cc1ccc(NC(=O)COC(=O)[C@H](CC(C)C)N2C(=O)c3c(Cl)c(Cl)c(Cl)c(Cl)c3C2=O)cc1. The van der Waals surface area contributed by atoms with Gasteiger partial charge in [-0.05, 0) is 31.4 Å². The number of hydrogen-bond acceptors (Lipinski definition) is 5. The van der Waals surface area contributed by atoms with E-state index in [9.17, 15) is 19.2 Å². The zero-order valence-corrected chi connectivity index (χ0v) is 21.4. The Balaban J connectivity index is 1.82. The van der Waals surface area contributed by atoms with Gasteiger partial charge < -0.3 is 10.1 Å². The topological polar surface area (TPSA) is 92.8 Å². The maximum absolute atomic E-state index is 13.2. The van der Waals surface area contributed by atoms with Gasteiger partial charge in [0.1, 0.15) is 6.04 Å². The molecule has 0 saturated carbocycles. The number of imide groups is 1. The lowest BCUT2D eigenvalue weighted by molar-refractivity contribution is -0.151. The lowest BCUT2D eigenvalue weighted by Gasteiger charge is -2.26. The van der Waals surface area contributed by atoms with Crippen LogP contribution in [0.25, 0.3) is 0 Å². The molecule has 0 aromatic heterocycles. The zero-order chi connectivity index (χ0) is 25.3. The molecule has 34 heavy (non-hydrogen) atoms. The first-order chi connectivity index (χ1) is 15.9. The predicted octanol–water partition coefficient (Wildman–Crippen LogP) is 5.80. The average molecular weight is 546 g/mol. The summed E-state index contributed by atoms with van der Waals surface area (Å²) < 4.78 is 5.16. The average Bonchev–Trinajstić information content (AvgIpc) is 3.04. The quantitative estimate of drug-likeness (QED) is 0.205. The fraction of sp³-hybridized carbons (Fsp3) is 0.304. The molecule has 1 heterocycles. The van der Waals surface area contributed by atoms with Gasteiger partial charge in [-0.3, -0.25) is 19.3 Å². The number of aryl methyl sites for hydroxylation is 1. The minimum Gasteiger partial charge on any atom is -0.454 e. The first-order valence-electron chi connectivity index (χ1n) is 10.2. The number of anilines is 1. The minimum atomic E-state index is -1.32. The van der Waals surface area contributed by atoms with Crippen LogP contribution in [0.4, 0.5) is 5.69 Å². The summed E-state index contributed by atoms with van der Waals surface area (Å²) in [5, 5.41) is 1.78. The lowest BCUT2D eigenvalue weighted by Crippen LogP contribution is -2.47. The smallest absolute Gasteiger partial charge is 0.329 e. The van der Waals surface area contributed by atoms with E-state index in [1.165, 1.54) is 0 Å². The van der Waals surface area contributed by atoms with Gasteiger partial charge >= 0.3 is 5.97 Å². The maximum atomic E-state index is 13.2. The van der Waals surface area contributed by atoms with E-state index < -0.39 is 36.3 Å². The minimum absolute atomic E-state index is 0.0839. The van der Waals surface area contributed by atoms with Crippen LogP contribution >= 0.6 is 46.4 Å². The molecular weight excluding hydrogens is 526 g/mol. The van der Waals surface area contributed by atoms with Crippen LogP contribution in [-0.2, 0) is 14.3 Å². The molecule has 7 nitrogen and oxygen atoms in total. The van der Waals surface area contributed by atoms with Gasteiger partial charge in [-0.15, -0.1) is 0 Å². The van der Waals surface area contributed by atoms with Crippen LogP contribution in [0.1, 0.15) is 46.5 Å². The van der Waals surface area contributed by atoms with E-state index in [1.54, 1.807) is 26.0 Å². The van der Waals surface area contributed by atoms with Crippen molar-refractivity contribution in [2.24, 2.45) is 5.92 Å². The molecular formula is C23H20Cl4N2O5. The fourth-order valence-corrected chi connectivity index (χ4v) is 4.48. The van der Waals surface area contributed by atoms with Crippen molar-refractivity contribution in [1.29, 1.82) is 0 Å². The standard InChI is InChI=1S/C23H20Cl4N2O5/c1-10(2)8-13(23(33)34-9-14(30)28-12-6-4-11(3)5-7-12)29-21(31)15-16(22(29)32)18(25)20(27)19(26)17(15)24/h4-7,10,13H,8-9H2,1-3H3,(H,28,30)/t13-/m0/s1. The van der Waals surface area contributed by atoms with Crippen molar-refractivity contribution in [1.82, 2.24) is 4.90 Å². The molecule has 1 aliphatic rings. The van der Waals surface area contributed by atoms with Crippen molar-refractivity contribution < 1.29 is 23.9 Å². The Morgan fingerprint density at radius 1 is 0.912 bits per heavy atom. The number of esters is 1. The van der Waals surface area contributed by atoms with Crippen LogP contribution in [0.5, 0.6) is 0 Å². The van der Waals surface area contributed by atoms with E-state index in [0.717, 1.165) is 10.5 Å². The third kappa shape index (κ3) is 5.18. The zero-order valence-electron chi connectivity index (χ0n) is 18.4. The molecule has 0 radical (unpaired) electrons. The second-order valence-corrected chi connectivity index (χ2v) is 9.67. The van der Waals surface area contributed by atoms with Gasteiger partial charge in [0.25, 0.3) is 17.7 Å².